The number of amides is 3. The largest absolute Gasteiger partial charge is 0.335 e. The average Bonchev–Trinajstić information content (AvgIpc) is 3.10. The standard InChI is InChI=1S/C15H20N2O2S/c1-9-6-10(2)14(11(3)7-9)20-8-13(18)17-15(19)16-12-4-5-12/h6-7,12H,4-5,8H2,1-3H3,(H2,16,17,18,19). The van der Waals surface area contributed by atoms with Gasteiger partial charge >= 0.3 is 6.03 Å². The molecule has 1 aromatic carbocycles. The smallest absolute Gasteiger partial charge is 0.321 e. The first-order valence-electron chi connectivity index (χ1n) is 6.76. The van der Waals surface area contributed by atoms with Gasteiger partial charge in [-0.2, -0.15) is 0 Å². The molecule has 108 valence electrons. The van der Waals surface area contributed by atoms with Crippen LogP contribution in [0.25, 0.3) is 0 Å². The first kappa shape index (κ1) is 14.9. The van der Waals surface area contributed by atoms with Gasteiger partial charge in [0.05, 0.1) is 5.75 Å². The first-order valence-corrected chi connectivity index (χ1v) is 7.75. The Labute approximate surface area is 123 Å². The quantitative estimate of drug-likeness (QED) is 0.839. The van der Waals surface area contributed by atoms with Gasteiger partial charge < -0.3 is 5.32 Å². The van der Waals surface area contributed by atoms with E-state index in [1.54, 1.807) is 0 Å². The van der Waals surface area contributed by atoms with Crippen LogP contribution in [-0.2, 0) is 4.79 Å². The van der Waals surface area contributed by atoms with Gasteiger partial charge in [-0.25, -0.2) is 4.79 Å². The highest BCUT2D eigenvalue weighted by atomic mass is 32.2. The molecule has 0 spiro atoms. The highest BCUT2D eigenvalue weighted by Gasteiger charge is 2.23. The van der Waals surface area contributed by atoms with E-state index in [4.69, 9.17) is 0 Å². The number of imide groups is 1. The molecule has 0 radical (unpaired) electrons. The number of carbonyl (C=O) groups excluding carboxylic acids is 2. The molecular weight excluding hydrogens is 272 g/mol. The molecule has 3 amide bonds. The van der Waals surface area contributed by atoms with Gasteiger partial charge in [0.2, 0.25) is 5.91 Å². The van der Waals surface area contributed by atoms with E-state index >= 15 is 0 Å². The maximum absolute atomic E-state index is 11.7. The Morgan fingerprint density at radius 1 is 1.20 bits per heavy atom. The van der Waals surface area contributed by atoms with Gasteiger partial charge in [0.25, 0.3) is 0 Å². The lowest BCUT2D eigenvalue weighted by Gasteiger charge is -2.11. The van der Waals surface area contributed by atoms with Gasteiger partial charge in [0.15, 0.2) is 0 Å². The summed E-state index contributed by atoms with van der Waals surface area (Å²) in [5.41, 5.74) is 3.56. The molecule has 0 saturated heterocycles. The summed E-state index contributed by atoms with van der Waals surface area (Å²) in [4.78, 5) is 24.3. The van der Waals surface area contributed by atoms with Crippen molar-refractivity contribution in [2.75, 3.05) is 5.75 Å². The highest BCUT2D eigenvalue weighted by Crippen LogP contribution is 2.27. The van der Waals surface area contributed by atoms with Crippen LogP contribution in [0.3, 0.4) is 0 Å². The second-order valence-electron chi connectivity index (χ2n) is 5.31. The van der Waals surface area contributed by atoms with Crippen molar-refractivity contribution in [1.82, 2.24) is 10.6 Å². The fourth-order valence-corrected chi connectivity index (χ4v) is 3.06. The normalized spacial score (nSPS) is 13.9. The Balaban J connectivity index is 1.85. The molecule has 2 rings (SSSR count). The number of urea groups is 1. The third-order valence-corrected chi connectivity index (χ3v) is 4.46. The maximum atomic E-state index is 11.7. The molecule has 0 atom stereocenters. The SMILES string of the molecule is Cc1cc(C)c(SCC(=O)NC(=O)NC2CC2)c(C)c1. The van der Waals surface area contributed by atoms with Crippen LogP contribution in [0.1, 0.15) is 29.5 Å². The van der Waals surface area contributed by atoms with Crippen molar-refractivity contribution in [2.45, 2.75) is 44.6 Å². The molecule has 1 aliphatic rings. The summed E-state index contributed by atoms with van der Waals surface area (Å²) in [5, 5.41) is 5.10. The first-order chi connectivity index (χ1) is 9.45. The van der Waals surface area contributed by atoms with Crippen molar-refractivity contribution in [3.8, 4) is 0 Å². The maximum Gasteiger partial charge on any atom is 0.321 e. The van der Waals surface area contributed by atoms with E-state index in [0.717, 1.165) is 17.7 Å². The molecule has 0 aromatic heterocycles. The molecule has 1 aliphatic carbocycles. The molecule has 0 heterocycles. The highest BCUT2D eigenvalue weighted by molar-refractivity contribution is 8.00. The molecule has 1 aromatic rings. The third-order valence-electron chi connectivity index (χ3n) is 3.12. The topological polar surface area (TPSA) is 58.2 Å². The zero-order valence-corrected chi connectivity index (χ0v) is 12.9. The zero-order valence-electron chi connectivity index (χ0n) is 12.1. The minimum atomic E-state index is -0.379. The van der Waals surface area contributed by atoms with Crippen LogP contribution in [0.5, 0.6) is 0 Å². The van der Waals surface area contributed by atoms with E-state index in [-0.39, 0.29) is 23.7 Å². The minimum Gasteiger partial charge on any atom is -0.335 e. The fraction of sp³-hybridized carbons (Fsp3) is 0.467. The van der Waals surface area contributed by atoms with Crippen LogP contribution in [-0.4, -0.2) is 23.7 Å². The summed E-state index contributed by atoms with van der Waals surface area (Å²) in [6, 6.07) is 4.09. The van der Waals surface area contributed by atoms with Crippen molar-refractivity contribution < 1.29 is 9.59 Å². The Kier molecular flexibility index (Phi) is 4.70. The second-order valence-corrected chi connectivity index (χ2v) is 6.30. The lowest BCUT2D eigenvalue weighted by atomic mass is 10.1. The molecule has 0 aliphatic heterocycles. The van der Waals surface area contributed by atoms with E-state index in [1.165, 1.54) is 28.5 Å². The summed E-state index contributed by atoms with van der Waals surface area (Å²) < 4.78 is 0. The number of hydrogen-bond donors (Lipinski definition) is 2. The number of rotatable bonds is 4. The Morgan fingerprint density at radius 2 is 1.80 bits per heavy atom. The van der Waals surface area contributed by atoms with Crippen LogP contribution in [0.4, 0.5) is 4.79 Å². The van der Waals surface area contributed by atoms with E-state index in [9.17, 15) is 9.59 Å². The molecule has 4 nitrogen and oxygen atoms in total. The number of thioether (sulfide) groups is 1. The van der Waals surface area contributed by atoms with E-state index in [2.05, 4.69) is 29.7 Å². The van der Waals surface area contributed by atoms with E-state index in [1.807, 2.05) is 13.8 Å². The van der Waals surface area contributed by atoms with Crippen LogP contribution < -0.4 is 10.6 Å². The van der Waals surface area contributed by atoms with Crippen LogP contribution in [0, 0.1) is 20.8 Å². The van der Waals surface area contributed by atoms with Crippen LogP contribution >= 0.6 is 11.8 Å². The number of hydrogen-bond acceptors (Lipinski definition) is 3. The molecule has 5 heteroatoms. The van der Waals surface area contributed by atoms with Crippen molar-refractivity contribution in [3.63, 3.8) is 0 Å². The summed E-state index contributed by atoms with van der Waals surface area (Å²) >= 11 is 1.47. The molecule has 1 fully saturated rings. The minimum absolute atomic E-state index is 0.253. The van der Waals surface area contributed by atoms with Gasteiger partial charge in [-0.05, 0) is 44.7 Å². The summed E-state index contributed by atoms with van der Waals surface area (Å²) in [5.74, 6) is -0.00412. The predicted molar refractivity (Wildman–Crippen MR) is 81.1 cm³/mol. The van der Waals surface area contributed by atoms with Crippen LogP contribution in [0.15, 0.2) is 17.0 Å². The van der Waals surface area contributed by atoms with Crippen molar-refractivity contribution >= 4 is 23.7 Å². The zero-order chi connectivity index (χ0) is 14.7. The van der Waals surface area contributed by atoms with Gasteiger partial charge in [-0.3, -0.25) is 10.1 Å². The molecular formula is C15H20N2O2S. The van der Waals surface area contributed by atoms with Gasteiger partial charge in [-0.1, -0.05) is 17.7 Å². The summed E-state index contributed by atoms with van der Waals surface area (Å²) in [7, 11) is 0. The third kappa shape index (κ3) is 4.27. The van der Waals surface area contributed by atoms with Gasteiger partial charge in [0.1, 0.15) is 0 Å². The molecule has 2 N–H and O–H groups in total. The molecule has 0 bridgehead atoms. The van der Waals surface area contributed by atoms with Gasteiger partial charge in [-0.15, -0.1) is 11.8 Å². The Hall–Kier alpha value is -1.49. The van der Waals surface area contributed by atoms with E-state index in [0.29, 0.717) is 0 Å². The monoisotopic (exact) mass is 292 g/mol. The fourth-order valence-electron chi connectivity index (χ4n) is 2.14. The summed E-state index contributed by atoms with van der Waals surface area (Å²) in [6.45, 7) is 6.14. The summed E-state index contributed by atoms with van der Waals surface area (Å²) in [6.07, 6.45) is 2.02. The second kappa shape index (κ2) is 6.31. The number of aryl methyl sites for hydroxylation is 3. The predicted octanol–water partition coefficient (Wildman–Crippen LogP) is 2.69. The number of carbonyl (C=O) groups is 2. The average molecular weight is 292 g/mol. The van der Waals surface area contributed by atoms with Crippen molar-refractivity contribution in [3.05, 3.63) is 28.8 Å². The lowest BCUT2D eigenvalue weighted by molar-refractivity contribution is -0.117. The number of nitrogens with one attached hydrogen (secondary N) is 2. The van der Waals surface area contributed by atoms with Crippen LogP contribution in [0.2, 0.25) is 0 Å². The van der Waals surface area contributed by atoms with Gasteiger partial charge in [0, 0.05) is 10.9 Å². The Morgan fingerprint density at radius 3 is 2.35 bits per heavy atom. The molecule has 1 saturated carbocycles. The van der Waals surface area contributed by atoms with Crippen molar-refractivity contribution in [1.29, 1.82) is 0 Å². The lowest BCUT2D eigenvalue weighted by Crippen LogP contribution is -2.41. The van der Waals surface area contributed by atoms with Crippen molar-refractivity contribution in [2.24, 2.45) is 0 Å². The number of benzene rings is 1. The molecule has 0 unspecified atom stereocenters. The Bertz CT molecular complexity index is 516. The molecule has 20 heavy (non-hydrogen) atoms. The van der Waals surface area contributed by atoms with E-state index < -0.39 is 0 Å².